The van der Waals surface area contributed by atoms with Crippen molar-refractivity contribution in [2.24, 2.45) is 0 Å². The summed E-state index contributed by atoms with van der Waals surface area (Å²) in [6.45, 7) is -0.497. The molecule has 7 aliphatic heterocycles. The standard InChI is InChI=1S/C50H84N4O35/c1-12-27(64)35(72)37(74)48(78-12)89-43-42(88-47-24(52-14(3)61)33(70)29(66)18(7-56)81-47)30(67)19(8-57)82-50(43)86-39-20(9-58)83-45(25(34(39)71)53-15(4)62)77-11-22-31(68)41(26(44(76)79-22)54-16(5)63)87-49-38(75)36(73)40(21(10-59)84-49)85-46-23(51-13(2)60)32(69)28(65)17(6-55)80-46/h12,17-50,55-59,64-76H,6-11H2,1-5H3,(H,51,60)(H,52,61)(H,53,62)(H,54,63)/t12-,17+,18+,19+,20+,21+,22+,23+,24+,25+,26+,27+,28+,29-,30-,31-,32+,33+,34+,35+,36+,37-,38+,39+,40-,41+,42-,43+,44?,45+,46+,47+,48-,49-,50-/m0/s1. The first kappa shape index (κ1) is 73.1. The summed E-state index contributed by atoms with van der Waals surface area (Å²) < 4.78 is 76.6. The molecule has 7 fully saturated rings. The molecular formula is C50H84N4O35. The van der Waals surface area contributed by atoms with Gasteiger partial charge in [-0.3, -0.25) is 19.2 Å². The zero-order valence-corrected chi connectivity index (χ0v) is 48.4. The normalized spacial score (nSPS) is 48.0. The van der Waals surface area contributed by atoms with Crippen molar-refractivity contribution in [3.8, 4) is 0 Å². The zero-order valence-electron chi connectivity index (χ0n) is 48.4. The van der Waals surface area contributed by atoms with Crippen LogP contribution in [-0.2, 0) is 80.8 Å². The van der Waals surface area contributed by atoms with E-state index < -0.39 is 278 Å². The highest BCUT2D eigenvalue weighted by atomic mass is 16.8. The van der Waals surface area contributed by atoms with Gasteiger partial charge in [0.05, 0.1) is 45.7 Å². The highest BCUT2D eigenvalue weighted by Gasteiger charge is 2.59. The molecule has 514 valence electrons. The van der Waals surface area contributed by atoms with Crippen LogP contribution in [0.4, 0.5) is 0 Å². The third kappa shape index (κ3) is 16.4. The lowest BCUT2D eigenvalue weighted by atomic mass is 9.94. The summed E-state index contributed by atoms with van der Waals surface area (Å²) in [5.74, 6) is -3.23. The van der Waals surface area contributed by atoms with E-state index in [1.807, 2.05) is 0 Å². The minimum atomic E-state index is -2.20. The van der Waals surface area contributed by atoms with Gasteiger partial charge >= 0.3 is 0 Å². The van der Waals surface area contributed by atoms with Gasteiger partial charge in [0.15, 0.2) is 44.0 Å². The topological polar surface area (TPSA) is 601 Å². The Hall–Kier alpha value is -3.36. The van der Waals surface area contributed by atoms with Crippen molar-refractivity contribution in [2.75, 3.05) is 39.6 Å². The molecule has 0 bridgehead atoms. The van der Waals surface area contributed by atoms with Gasteiger partial charge in [-0.25, -0.2) is 0 Å². The number of hydrogen-bond donors (Lipinski definition) is 22. The number of nitrogens with one attached hydrogen (secondary N) is 4. The predicted molar refractivity (Wildman–Crippen MR) is 277 cm³/mol. The molecule has 0 aromatic rings. The van der Waals surface area contributed by atoms with Gasteiger partial charge < -0.3 is 175 Å². The second kappa shape index (κ2) is 31.7. The summed E-state index contributed by atoms with van der Waals surface area (Å²) in [7, 11) is 0. The van der Waals surface area contributed by atoms with Crippen LogP contribution in [0.5, 0.6) is 0 Å². The first-order valence-electron chi connectivity index (χ1n) is 28.5. The number of amides is 4. The zero-order chi connectivity index (χ0) is 65.8. The maximum Gasteiger partial charge on any atom is 0.217 e. The molecule has 7 heterocycles. The Labute approximate surface area is 505 Å². The van der Waals surface area contributed by atoms with Crippen LogP contribution in [0.1, 0.15) is 34.6 Å². The van der Waals surface area contributed by atoms with Crippen LogP contribution < -0.4 is 21.3 Å². The Kier molecular flexibility index (Phi) is 26.0. The molecule has 0 spiro atoms. The van der Waals surface area contributed by atoms with Crippen molar-refractivity contribution >= 4 is 23.6 Å². The molecule has 7 rings (SSSR count). The van der Waals surface area contributed by atoms with Gasteiger partial charge in [-0.2, -0.15) is 0 Å². The molecule has 0 saturated carbocycles. The maximum absolute atomic E-state index is 12.9. The molecule has 39 nitrogen and oxygen atoms in total. The fourth-order valence-corrected chi connectivity index (χ4v) is 11.4. The van der Waals surface area contributed by atoms with Crippen molar-refractivity contribution in [3.05, 3.63) is 0 Å². The number of carbonyl (C=O) groups excluding carboxylic acids is 4. The first-order valence-corrected chi connectivity index (χ1v) is 28.5. The Bertz CT molecular complexity index is 2290. The molecule has 4 amide bonds. The molecule has 1 unspecified atom stereocenters. The van der Waals surface area contributed by atoms with E-state index in [1.54, 1.807) is 0 Å². The maximum atomic E-state index is 12.9. The summed E-state index contributed by atoms with van der Waals surface area (Å²) in [6, 6.07) is -6.75. The number of rotatable bonds is 22. The third-order valence-corrected chi connectivity index (χ3v) is 16.1. The van der Waals surface area contributed by atoms with E-state index in [1.165, 1.54) is 6.92 Å². The number of ether oxygens (including phenoxy) is 13. The number of aliphatic hydroxyl groups is 18. The van der Waals surface area contributed by atoms with Crippen molar-refractivity contribution in [1.29, 1.82) is 0 Å². The van der Waals surface area contributed by atoms with Gasteiger partial charge in [0.1, 0.15) is 165 Å². The fourth-order valence-electron chi connectivity index (χ4n) is 11.4. The molecule has 0 radical (unpaired) electrons. The quantitative estimate of drug-likeness (QED) is 0.0479. The molecule has 89 heavy (non-hydrogen) atoms. The minimum Gasteiger partial charge on any atom is -0.394 e. The summed E-state index contributed by atoms with van der Waals surface area (Å²) in [6.07, 6.45) is -58.7. The first-order chi connectivity index (χ1) is 42.0. The van der Waals surface area contributed by atoms with E-state index in [0.29, 0.717) is 0 Å². The van der Waals surface area contributed by atoms with Gasteiger partial charge in [0, 0.05) is 27.7 Å². The van der Waals surface area contributed by atoms with E-state index in [2.05, 4.69) is 21.3 Å². The smallest absolute Gasteiger partial charge is 0.217 e. The van der Waals surface area contributed by atoms with E-state index in [-0.39, 0.29) is 0 Å². The Morgan fingerprint density at radius 1 is 0.315 bits per heavy atom. The van der Waals surface area contributed by atoms with E-state index in [0.717, 1.165) is 27.7 Å². The Morgan fingerprint density at radius 2 is 0.674 bits per heavy atom. The van der Waals surface area contributed by atoms with Gasteiger partial charge in [-0.05, 0) is 6.92 Å². The molecule has 0 aromatic carbocycles. The second-order valence-electron chi connectivity index (χ2n) is 22.5. The van der Waals surface area contributed by atoms with Crippen molar-refractivity contribution in [1.82, 2.24) is 21.3 Å². The van der Waals surface area contributed by atoms with Crippen molar-refractivity contribution in [2.45, 2.75) is 249 Å². The molecule has 0 aliphatic carbocycles. The Balaban J connectivity index is 1.12. The molecular weight excluding hydrogens is 1220 g/mol. The lowest BCUT2D eigenvalue weighted by Gasteiger charge is -2.51. The van der Waals surface area contributed by atoms with Crippen molar-refractivity contribution in [3.63, 3.8) is 0 Å². The molecule has 0 aromatic heterocycles. The van der Waals surface area contributed by atoms with Crippen LogP contribution >= 0.6 is 0 Å². The molecule has 7 saturated heterocycles. The number of carbonyl (C=O) groups is 4. The van der Waals surface area contributed by atoms with Crippen LogP contribution in [0, 0.1) is 0 Å². The third-order valence-electron chi connectivity index (χ3n) is 16.1. The highest BCUT2D eigenvalue weighted by molar-refractivity contribution is 5.74. The second-order valence-corrected chi connectivity index (χ2v) is 22.5. The molecule has 35 atom stereocenters. The van der Waals surface area contributed by atoms with Crippen LogP contribution in [-0.4, -0.2) is 370 Å². The SMILES string of the molecule is CC(=O)N[C@H]1[C@H](OC[C@H]2OC(O)[C@H](NC(C)=O)[C@@H](O[C@@H]3O[C@H](CO)[C@H](O[C@H]4O[C@H](CO)[C@@H](O)[C@H](O)[C@H]4NC(C)=O)[C@H](O)[C@H]3O)[C@H]2O)O[C@H](CO)[C@@H](O[C@@H]2O[C@H](CO)[C@H](O)[C@H](O[C@H]3O[C@H](CO)[C@H](O)[C@H](O)[C@H]3NC(C)=O)[C@H]2O[C@@H]2O[C@@H](C)[C@@H](O)[C@@H](O)[C@@H]2O)[C@@H]1O. The highest BCUT2D eigenvalue weighted by Crippen LogP contribution is 2.38. The van der Waals surface area contributed by atoms with Crippen LogP contribution in [0.15, 0.2) is 0 Å². The largest absolute Gasteiger partial charge is 0.394 e. The average molecular weight is 1300 g/mol. The van der Waals surface area contributed by atoms with Gasteiger partial charge in [-0.1, -0.05) is 0 Å². The van der Waals surface area contributed by atoms with E-state index in [9.17, 15) is 111 Å². The monoisotopic (exact) mass is 1300 g/mol. The Morgan fingerprint density at radius 3 is 1.17 bits per heavy atom. The average Bonchev–Trinajstić information content (AvgIpc) is 0.840. The summed E-state index contributed by atoms with van der Waals surface area (Å²) in [5, 5.41) is 207. The number of aliphatic hydroxyl groups excluding tert-OH is 18. The van der Waals surface area contributed by atoms with Crippen LogP contribution in [0.2, 0.25) is 0 Å². The van der Waals surface area contributed by atoms with Crippen molar-refractivity contribution < 1.29 is 173 Å². The summed E-state index contributed by atoms with van der Waals surface area (Å²) in [4.78, 5) is 49.8. The van der Waals surface area contributed by atoms with E-state index in [4.69, 9.17) is 61.6 Å². The van der Waals surface area contributed by atoms with Crippen LogP contribution in [0.25, 0.3) is 0 Å². The fraction of sp³-hybridized carbons (Fsp3) is 0.920. The molecule has 39 heteroatoms. The minimum absolute atomic E-state index is 0.740. The van der Waals surface area contributed by atoms with Gasteiger partial charge in [0.2, 0.25) is 23.6 Å². The van der Waals surface area contributed by atoms with E-state index >= 15 is 0 Å². The summed E-state index contributed by atoms with van der Waals surface area (Å²) >= 11 is 0. The predicted octanol–water partition coefficient (Wildman–Crippen LogP) is -14.7. The van der Waals surface area contributed by atoms with Gasteiger partial charge in [0.25, 0.3) is 0 Å². The number of hydrogen-bond acceptors (Lipinski definition) is 35. The van der Waals surface area contributed by atoms with Crippen LogP contribution in [0.3, 0.4) is 0 Å². The molecule has 7 aliphatic rings. The lowest BCUT2D eigenvalue weighted by Crippen LogP contribution is -2.70. The van der Waals surface area contributed by atoms with Gasteiger partial charge in [-0.15, -0.1) is 0 Å². The summed E-state index contributed by atoms with van der Waals surface area (Å²) in [5.41, 5.74) is 0. The molecule has 22 N–H and O–H groups in total. The lowest BCUT2D eigenvalue weighted by molar-refractivity contribution is -0.399.